The molecule has 108 valence electrons. The molecule has 1 aromatic rings. The third-order valence-corrected chi connectivity index (χ3v) is 3.49. The van der Waals surface area contributed by atoms with Gasteiger partial charge in [-0.05, 0) is 32.7 Å². The number of rotatable bonds is 8. The first-order chi connectivity index (χ1) is 9.27. The fraction of sp³-hybridized carbons (Fsp3) is 0.786. The molecule has 5 heteroatoms. The fourth-order valence-corrected chi connectivity index (χ4v) is 2.37. The molecule has 1 aliphatic heterocycles. The van der Waals surface area contributed by atoms with Crippen LogP contribution in [0.1, 0.15) is 38.1 Å². The van der Waals surface area contributed by atoms with Gasteiger partial charge in [-0.2, -0.15) is 0 Å². The molecule has 1 aliphatic rings. The van der Waals surface area contributed by atoms with Crippen molar-refractivity contribution in [2.45, 2.75) is 38.3 Å². The number of nitrogens with one attached hydrogen (secondary N) is 1. The third kappa shape index (κ3) is 4.60. The summed E-state index contributed by atoms with van der Waals surface area (Å²) in [5.74, 6) is 1.07. The molecule has 0 saturated carbocycles. The van der Waals surface area contributed by atoms with Crippen molar-refractivity contribution in [2.24, 2.45) is 7.05 Å². The summed E-state index contributed by atoms with van der Waals surface area (Å²) in [6.07, 6.45) is 7.47. The van der Waals surface area contributed by atoms with E-state index in [4.69, 9.17) is 9.47 Å². The molecule has 5 nitrogen and oxygen atoms in total. The Morgan fingerprint density at radius 2 is 2.53 bits per heavy atom. The smallest absolute Gasteiger partial charge is 0.125 e. The maximum absolute atomic E-state index is 5.63. The number of hydrogen-bond donors (Lipinski definition) is 1. The largest absolute Gasteiger partial charge is 0.379 e. The van der Waals surface area contributed by atoms with E-state index in [2.05, 4.69) is 17.2 Å². The van der Waals surface area contributed by atoms with Crippen LogP contribution in [0.4, 0.5) is 0 Å². The number of imidazole rings is 1. The first-order valence-electron chi connectivity index (χ1n) is 7.17. The lowest BCUT2D eigenvalue weighted by Crippen LogP contribution is -2.24. The molecule has 0 aromatic carbocycles. The van der Waals surface area contributed by atoms with Crippen molar-refractivity contribution >= 4 is 0 Å². The van der Waals surface area contributed by atoms with Crippen LogP contribution in [0.15, 0.2) is 12.4 Å². The van der Waals surface area contributed by atoms with Gasteiger partial charge in [0.25, 0.3) is 0 Å². The average molecular weight is 267 g/mol. The van der Waals surface area contributed by atoms with E-state index >= 15 is 0 Å². The van der Waals surface area contributed by atoms with E-state index in [1.807, 2.05) is 24.0 Å². The molecular weight excluding hydrogens is 242 g/mol. The van der Waals surface area contributed by atoms with Crippen molar-refractivity contribution in [1.82, 2.24) is 14.9 Å². The number of aryl methyl sites for hydroxylation is 1. The van der Waals surface area contributed by atoms with Crippen molar-refractivity contribution in [3.05, 3.63) is 18.2 Å². The molecule has 0 bridgehead atoms. The van der Waals surface area contributed by atoms with Gasteiger partial charge in [0.1, 0.15) is 5.82 Å². The quantitative estimate of drug-likeness (QED) is 0.728. The summed E-state index contributed by atoms with van der Waals surface area (Å²) < 4.78 is 13.2. The van der Waals surface area contributed by atoms with E-state index in [9.17, 15) is 0 Å². The minimum atomic E-state index is 0.276. The number of aromatic nitrogens is 2. The molecule has 2 heterocycles. The molecule has 2 atom stereocenters. The molecule has 2 rings (SSSR count). The van der Waals surface area contributed by atoms with Gasteiger partial charge in [-0.25, -0.2) is 4.98 Å². The number of ether oxygens (including phenoxy) is 2. The Morgan fingerprint density at radius 3 is 3.21 bits per heavy atom. The lowest BCUT2D eigenvalue weighted by atomic mass is 10.2. The van der Waals surface area contributed by atoms with Crippen LogP contribution >= 0.6 is 0 Å². The number of nitrogens with zero attached hydrogens (tertiary/aromatic N) is 2. The van der Waals surface area contributed by atoms with Gasteiger partial charge < -0.3 is 19.4 Å². The molecule has 2 unspecified atom stereocenters. The van der Waals surface area contributed by atoms with E-state index < -0.39 is 0 Å². The Bertz CT molecular complexity index is 361. The Kier molecular flexibility index (Phi) is 5.82. The summed E-state index contributed by atoms with van der Waals surface area (Å²) in [5.41, 5.74) is 0. The van der Waals surface area contributed by atoms with Crippen LogP contribution < -0.4 is 5.32 Å². The second kappa shape index (κ2) is 7.62. The SMILES string of the molecule is CC(NCCCOCC1CCCO1)c1nccn1C. The molecule has 1 fully saturated rings. The van der Waals surface area contributed by atoms with Gasteiger partial charge in [-0.3, -0.25) is 0 Å². The molecule has 0 aliphatic carbocycles. The van der Waals surface area contributed by atoms with E-state index in [1.54, 1.807) is 0 Å². The highest BCUT2D eigenvalue weighted by atomic mass is 16.5. The average Bonchev–Trinajstić information content (AvgIpc) is 3.04. The molecule has 1 N–H and O–H groups in total. The highest BCUT2D eigenvalue weighted by Crippen LogP contribution is 2.12. The predicted molar refractivity (Wildman–Crippen MR) is 74.0 cm³/mol. The summed E-state index contributed by atoms with van der Waals surface area (Å²) in [6.45, 7) is 5.51. The lowest BCUT2D eigenvalue weighted by molar-refractivity contribution is 0.0165. The van der Waals surface area contributed by atoms with Crippen LogP contribution in [-0.2, 0) is 16.5 Å². The first kappa shape index (κ1) is 14.5. The Balaban J connectivity index is 1.51. The van der Waals surface area contributed by atoms with Crippen molar-refractivity contribution in [3.63, 3.8) is 0 Å². The van der Waals surface area contributed by atoms with Crippen LogP contribution in [0.25, 0.3) is 0 Å². The van der Waals surface area contributed by atoms with Gasteiger partial charge in [0, 0.05) is 32.7 Å². The highest BCUT2D eigenvalue weighted by Gasteiger charge is 2.15. The maximum atomic E-state index is 5.63. The molecule has 1 saturated heterocycles. The van der Waals surface area contributed by atoms with Gasteiger partial charge in [0.15, 0.2) is 0 Å². The Morgan fingerprint density at radius 1 is 1.63 bits per heavy atom. The van der Waals surface area contributed by atoms with Crippen LogP contribution in [0.3, 0.4) is 0 Å². The number of hydrogen-bond acceptors (Lipinski definition) is 4. The first-order valence-corrected chi connectivity index (χ1v) is 7.17. The van der Waals surface area contributed by atoms with Crippen molar-refractivity contribution < 1.29 is 9.47 Å². The molecule has 0 radical (unpaired) electrons. The second-order valence-corrected chi connectivity index (χ2v) is 5.14. The third-order valence-electron chi connectivity index (χ3n) is 3.49. The van der Waals surface area contributed by atoms with Crippen LogP contribution in [0, 0.1) is 0 Å². The minimum absolute atomic E-state index is 0.276. The monoisotopic (exact) mass is 267 g/mol. The molecular formula is C14H25N3O2. The summed E-state index contributed by atoms with van der Waals surface area (Å²) in [7, 11) is 2.02. The normalized spacial score (nSPS) is 20.8. The Hall–Kier alpha value is -0.910. The van der Waals surface area contributed by atoms with Gasteiger partial charge >= 0.3 is 0 Å². The summed E-state index contributed by atoms with van der Waals surface area (Å²) in [6, 6.07) is 0.276. The van der Waals surface area contributed by atoms with Gasteiger partial charge in [-0.15, -0.1) is 0 Å². The van der Waals surface area contributed by atoms with Crippen LogP contribution in [0.5, 0.6) is 0 Å². The lowest BCUT2D eigenvalue weighted by Gasteiger charge is -2.14. The summed E-state index contributed by atoms with van der Waals surface area (Å²) in [5, 5.41) is 3.46. The van der Waals surface area contributed by atoms with Gasteiger partial charge in [0.05, 0.1) is 18.8 Å². The zero-order chi connectivity index (χ0) is 13.5. The van der Waals surface area contributed by atoms with E-state index in [-0.39, 0.29) is 6.04 Å². The van der Waals surface area contributed by atoms with Gasteiger partial charge in [0.2, 0.25) is 0 Å². The van der Waals surface area contributed by atoms with Crippen molar-refractivity contribution in [1.29, 1.82) is 0 Å². The summed E-state index contributed by atoms with van der Waals surface area (Å²) >= 11 is 0. The maximum Gasteiger partial charge on any atom is 0.125 e. The molecule has 0 spiro atoms. The Labute approximate surface area is 115 Å². The fourth-order valence-electron chi connectivity index (χ4n) is 2.37. The zero-order valence-electron chi connectivity index (χ0n) is 12.0. The van der Waals surface area contributed by atoms with Crippen molar-refractivity contribution in [2.75, 3.05) is 26.4 Å². The van der Waals surface area contributed by atoms with E-state index in [1.165, 1.54) is 6.42 Å². The van der Waals surface area contributed by atoms with Crippen molar-refractivity contribution in [3.8, 4) is 0 Å². The zero-order valence-corrected chi connectivity index (χ0v) is 12.0. The molecule has 0 amide bonds. The van der Waals surface area contributed by atoms with E-state index in [0.29, 0.717) is 6.10 Å². The highest BCUT2D eigenvalue weighted by molar-refractivity contribution is 4.96. The predicted octanol–water partition coefficient (Wildman–Crippen LogP) is 1.66. The molecule has 19 heavy (non-hydrogen) atoms. The summed E-state index contributed by atoms with van der Waals surface area (Å²) in [4.78, 5) is 4.34. The molecule has 1 aromatic heterocycles. The minimum Gasteiger partial charge on any atom is -0.379 e. The van der Waals surface area contributed by atoms with Crippen LogP contribution in [0.2, 0.25) is 0 Å². The van der Waals surface area contributed by atoms with E-state index in [0.717, 1.165) is 45.0 Å². The topological polar surface area (TPSA) is 48.3 Å². The second-order valence-electron chi connectivity index (χ2n) is 5.14. The standard InChI is InChI=1S/C14H25N3O2/c1-12(14-16-7-8-17(14)2)15-6-4-9-18-11-13-5-3-10-19-13/h7-8,12-13,15H,3-6,9-11H2,1-2H3. The van der Waals surface area contributed by atoms with Crippen LogP contribution in [-0.4, -0.2) is 42.0 Å². The van der Waals surface area contributed by atoms with Gasteiger partial charge in [-0.1, -0.05) is 0 Å².